The van der Waals surface area contributed by atoms with Crippen LogP contribution in [0.25, 0.3) is 0 Å². The SMILES string of the molecule is COCC1CC=C(C(=O)O)O1. The maximum Gasteiger partial charge on any atom is 0.370 e. The molecule has 4 heteroatoms. The van der Waals surface area contributed by atoms with Crippen molar-refractivity contribution in [1.29, 1.82) is 0 Å². The Morgan fingerprint density at radius 1 is 2.00 bits per heavy atom. The minimum absolute atomic E-state index is 0.0343. The molecule has 0 saturated heterocycles. The minimum Gasteiger partial charge on any atom is -0.481 e. The fourth-order valence-electron chi connectivity index (χ4n) is 0.940. The maximum atomic E-state index is 10.3. The molecule has 0 spiro atoms. The summed E-state index contributed by atoms with van der Waals surface area (Å²) in [5.74, 6) is -0.976. The molecule has 1 aliphatic heterocycles. The Labute approximate surface area is 64.4 Å². The summed E-state index contributed by atoms with van der Waals surface area (Å²) in [7, 11) is 1.56. The third-order valence-corrected chi connectivity index (χ3v) is 1.42. The van der Waals surface area contributed by atoms with Crippen LogP contribution >= 0.6 is 0 Å². The zero-order chi connectivity index (χ0) is 8.27. The van der Waals surface area contributed by atoms with Crippen LogP contribution in [0.4, 0.5) is 0 Å². The molecule has 1 rings (SSSR count). The lowest BCUT2D eigenvalue weighted by Crippen LogP contribution is -2.15. The van der Waals surface area contributed by atoms with Crippen LogP contribution in [0.3, 0.4) is 0 Å². The highest BCUT2D eigenvalue weighted by molar-refractivity contribution is 5.84. The van der Waals surface area contributed by atoms with Gasteiger partial charge in [-0.25, -0.2) is 4.79 Å². The summed E-state index contributed by atoms with van der Waals surface area (Å²) in [6.07, 6.45) is 2.06. The van der Waals surface area contributed by atoms with Crippen molar-refractivity contribution in [3.05, 3.63) is 11.8 Å². The summed E-state index contributed by atoms with van der Waals surface area (Å²) in [6, 6.07) is 0. The van der Waals surface area contributed by atoms with E-state index in [-0.39, 0.29) is 11.9 Å². The van der Waals surface area contributed by atoms with Crippen LogP contribution in [0.1, 0.15) is 6.42 Å². The zero-order valence-corrected chi connectivity index (χ0v) is 6.24. The van der Waals surface area contributed by atoms with Crippen LogP contribution in [0, 0.1) is 0 Å². The van der Waals surface area contributed by atoms with E-state index in [9.17, 15) is 4.79 Å². The van der Waals surface area contributed by atoms with E-state index < -0.39 is 5.97 Å². The summed E-state index contributed by atoms with van der Waals surface area (Å²) < 4.78 is 9.80. The molecule has 1 atom stereocenters. The van der Waals surface area contributed by atoms with Gasteiger partial charge in [0.2, 0.25) is 5.76 Å². The molecule has 1 aliphatic rings. The van der Waals surface area contributed by atoms with Crippen molar-refractivity contribution in [1.82, 2.24) is 0 Å². The third kappa shape index (κ3) is 1.94. The first-order valence-electron chi connectivity index (χ1n) is 3.33. The van der Waals surface area contributed by atoms with Crippen LogP contribution < -0.4 is 0 Å². The van der Waals surface area contributed by atoms with Crippen LogP contribution in [0.5, 0.6) is 0 Å². The maximum absolute atomic E-state index is 10.3. The Hall–Kier alpha value is -1.03. The van der Waals surface area contributed by atoms with Gasteiger partial charge in [-0.15, -0.1) is 0 Å². The Balaban J connectivity index is 2.37. The fourth-order valence-corrected chi connectivity index (χ4v) is 0.940. The van der Waals surface area contributed by atoms with Gasteiger partial charge in [-0.3, -0.25) is 0 Å². The zero-order valence-electron chi connectivity index (χ0n) is 6.24. The molecule has 0 bridgehead atoms. The standard InChI is InChI=1S/C7H10O4/c1-10-4-5-2-3-6(11-5)7(8)9/h3,5H,2,4H2,1H3,(H,8,9). The average molecular weight is 158 g/mol. The molecule has 0 aromatic carbocycles. The summed E-state index contributed by atoms with van der Waals surface area (Å²) in [4.78, 5) is 10.3. The monoisotopic (exact) mass is 158 g/mol. The molecule has 0 aromatic rings. The van der Waals surface area contributed by atoms with Gasteiger partial charge in [0.15, 0.2) is 0 Å². The number of hydrogen-bond donors (Lipinski definition) is 1. The van der Waals surface area contributed by atoms with Crippen molar-refractivity contribution in [3.63, 3.8) is 0 Å². The van der Waals surface area contributed by atoms with E-state index in [4.69, 9.17) is 14.6 Å². The quantitative estimate of drug-likeness (QED) is 0.645. The van der Waals surface area contributed by atoms with Gasteiger partial charge < -0.3 is 14.6 Å². The first-order valence-corrected chi connectivity index (χ1v) is 3.33. The number of rotatable bonds is 3. The van der Waals surface area contributed by atoms with Gasteiger partial charge >= 0.3 is 5.97 Å². The lowest BCUT2D eigenvalue weighted by atomic mass is 10.3. The van der Waals surface area contributed by atoms with Gasteiger partial charge in [0.25, 0.3) is 0 Å². The molecule has 1 N–H and O–H groups in total. The first kappa shape index (κ1) is 8.07. The van der Waals surface area contributed by atoms with Crippen LogP contribution in [0.2, 0.25) is 0 Å². The number of ether oxygens (including phenoxy) is 2. The molecule has 0 aliphatic carbocycles. The second-order valence-electron chi connectivity index (χ2n) is 2.30. The van der Waals surface area contributed by atoms with E-state index in [1.165, 1.54) is 0 Å². The lowest BCUT2D eigenvalue weighted by Gasteiger charge is -2.09. The van der Waals surface area contributed by atoms with Crippen LogP contribution in [-0.4, -0.2) is 30.9 Å². The van der Waals surface area contributed by atoms with Gasteiger partial charge in [0, 0.05) is 13.5 Å². The lowest BCUT2D eigenvalue weighted by molar-refractivity contribution is -0.137. The number of carbonyl (C=O) groups is 1. The first-order chi connectivity index (χ1) is 5.24. The normalized spacial score (nSPS) is 22.6. The molecule has 62 valence electrons. The van der Waals surface area contributed by atoms with Crippen LogP contribution in [-0.2, 0) is 14.3 Å². The summed E-state index contributed by atoms with van der Waals surface area (Å²) in [5.41, 5.74) is 0. The Morgan fingerprint density at radius 2 is 2.73 bits per heavy atom. The topological polar surface area (TPSA) is 55.8 Å². The number of carboxylic acid groups (broad SMARTS) is 1. The summed E-state index contributed by atoms with van der Waals surface area (Å²) >= 11 is 0. The van der Waals surface area contributed by atoms with Gasteiger partial charge in [0.1, 0.15) is 6.10 Å². The molecule has 11 heavy (non-hydrogen) atoms. The number of carboxylic acids is 1. The second kappa shape index (κ2) is 3.39. The molecule has 0 amide bonds. The van der Waals surface area contributed by atoms with Crippen LogP contribution in [0.15, 0.2) is 11.8 Å². The summed E-state index contributed by atoms with van der Waals surface area (Å²) in [5, 5.41) is 8.47. The Morgan fingerprint density at radius 3 is 3.18 bits per heavy atom. The molecular formula is C7H10O4. The molecule has 4 nitrogen and oxygen atoms in total. The largest absolute Gasteiger partial charge is 0.481 e. The number of methoxy groups -OCH3 is 1. The Bertz CT molecular complexity index is 185. The van der Waals surface area contributed by atoms with E-state index in [1.54, 1.807) is 13.2 Å². The van der Waals surface area contributed by atoms with Crippen molar-refractivity contribution in [2.45, 2.75) is 12.5 Å². The number of aliphatic carboxylic acids is 1. The van der Waals surface area contributed by atoms with E-state index in [2.05, 4.69) is 0 Å². The van der Waals surface area contributed by atoms with E-state index >= 15 is 0 Å². The van der Waals surface area contributed by atoms with Gasteiger partial charge in [-0.2, -0.15) is 0 Å². The molecule has 1 heterocycles. The molecule has 0 fully saturated rings. The average Bonchev–Trinajstić information content (AvgIpc) is 2.37. The van der Waals surface area contributed by atoms with E-state index in [0.29, 0.717) is 13.0 Å². The van der Waals surface area contributed by atoms with Crippen molar-refractivity contribution in [2.24, 2.45) is 0 Å². The molecule has 0 aromatic heterocycles. The van der Waals surface area contributed by atoms with Gasteiger partial charge in [0.05, 0.1) is 6.61 Å². The molecular weight excluding hydrogens is 148 g/mol. The second-order valence-corrected chi connectivity index (χ2v) is 2.30. The minimum atomic E-state index is -1.01. The third-order valence-electron chi connectivity index (χ3n) is 1.42. The Kier molecular flexibility index (Phi) is 2.48. The highest BCUT2D eigenvalue weighted by Gasteiger charge is 2.22. The fraction of sp³-hybridized carbons (Fsp3) is 0.571. The predicted molar refractivity (Wildman–Crippen MR) is 37.1 cm³/mol. The highest BCUT2D eigenvalue weighted by atomic mass is 16.5. The molecule has 1 unspecified atom stereocenters. The highest BCUT2D eigenvalue weighted by Crippen LogP contribution is 2.16. The van der Waals surface area contributed by atoms with Crippen molar-refractivity contribution >= 4 is 5.97 Å². The smallest absolute Gasteiger partial charge is 0.370 e. The molecule has 0 radical (unpaired) electrons. The van der Waals surface area contributed by atoms with Gasteiger partial charge in [-0.1, -0.05) is 0 Å². The van der Waals surface area contributed by atoms with Gasteiger partial charge in [-0.05, 0) is 6.08 Å². The number of hydrogen-bond acceptors (Lipinski definition) is 3. The van der Waals surface area contributed by atoms with E-state index in [1.807, 2.05) is 0 Å². The van der Waals surface area contributed by atoms with Crippen molar-refractivity contribution < 1.29 is 19.4 Å². The van der Waals surface area contributed by atoms with E-state index in [0.717, 1.165) is 0 Å². The molecule has 0 saturated carbocycles. The predicted octanol–water partition coefficient (Wildman–Crippen LogP) is 0.390. The van der Waals surface area contributed by atoms with Crippen molar-refractivity contribution in [3.8, 4) is 0 Å². The van der Waals surface area contributed by atoms with Crippen molar-refractivity contribution in [2.75, 3.05) is 13.7 Å². The summed E-state index contributed by atoms with van der Waals surface area (Å²) in [6.45, 7) is 0.438.